The Morgan fingerprint density at radius 2 is 2.03 bits per heavy atom. The molecule has 4 rings (SSSR count). The molecule has 0 fully saturated rings. The number of aromatic amines is 1. The van der Waals surface area contributed by atoms with Gasteiger partial charge in [-0.15, -0.1) is 0 Å². The minimum Gasteiger partial charge on any atom is -0.383 e. The summed E-state index contributed by atoms with van der Waals surface area (Å²) in [5, 5.41) is 0.606. The molecular formula is C24H17F2N5O. The Morgan fingerprint density at radius 3 is 2.88 bits per heavy atom. The third-order valence-electron chi connectivity index (χ3n) is 5.02. The summed E-state index contributed by atoms with van der Waals surface area (Å²) in [6, 6.07) is 6.44. The van der Waals surface area contributed by atoms with Gasteiger partial charge in [0.2, 0.25) is 0 Å². The number of hydrogen-bond donors (Lipinski definition) is 2. The van der Waals surface area contributed by atoms with Gasteiger partial charge in [-0.3, -0.25) is 4.79 Å². The molecule has 0 aliphatic rings. The van der Waals surface area contributed by atoms with Crippen LogP contribution in [0.15, 0.2) is 53.8 Å². The fourth-order valence-corrected chi connectivity index (χ4v) is 3.43. The van der Waals surface area contributed by atoms with Gasteiger partial charge in [0.15, 0.2) is 0 Å². The first kappa shape index (κ1) is 20.8. The first-order valence-electron chi connectivity index (χ1n) is 9.62. The van der Waals surface area contributed by atoms with E-state index < -0.39 is 17.6 Å². The van der Waals surface area contributed by atoms with Gasteiger partial charge in [-0.2, -0.15) is 0 Å². The summed E-state index contributed by atoms with van der Waals surface area (Å²) in [7, 11) is 1.60. The summed E-state index contributed by atoms with van der Waals surface area (Å²) >= 11 is 0. The first-order valence-corrected chi connectivity index (χ1v) is 9.62. The molecule has 158 valence electrons. The van der Waals surface area contributed by atoms with Gasteiger partial charge in [0.05, 0.1) is 10.9 Å². The number of aryl methyl sites for hydroxylation is 1. The molecule has 0 saturated heterocycles. The van der Waals surface area contributed by atoms with Gasteiger partial charge in [0.1, 0.15) is 29.4 Å². The fraction of sp³-hybridized carbons (Fsp3) is 0.125. The van der Waals surface area contributed by atoms with Crippen molar-refractivity contribution in [3.8, 4) is 23.7 Å². The first-order chi connectivity index (χ1) is 15.5. The SMILES string of the molecule is Cn1cccc(C(CC#CC#Cc2c[nH]c3ncnc(N)c23)c2cc(F)ccc2F)c1=O. The van der Waals surface area contributed by atoms with E-state index in [0.717, 1.165) is 18.2 Å². The third-order valence-corrected chi connectivity index (χ3v) is 5.02. The van der Waals surface area contributed by atoms with Crippen molar-refractivity contribution >= 4 is 16.9 Å². The number of anilines is 1. The van der Waals surface area contributed by atoms with Gasteiger partial charge < -0.3 is 15.3 Å². The number of pyridine rings is 1. The maximum atomic E-state index is 14.5. The second kappa shape index (κ2) is 8.75. The van der Waals surface area contributed by atoms with Crippen LogP contribution in [0.2, 0.25) is 0 Å². The molecule has 0 aliphatic heterocycles. The predicted octanol–water partition coefficient (Wildman–Crippen LogP) is 3.09. The highest BCUT2D eigenvalue weighted by molar-refractivity contribution is 5.91. The lowest BCUT2D eigenvalue weighted by Crippen LogP contribution is -2.23. The van der Waals surface area contributed by atoms with Crippen molar-refractivity contribution in [3.63, 3.8) is 0 Å². The van der Waals surface area contributed by atoms with Crippen LogP contribution < -0.4 is 11.3 Å². The number of nitrogens with two attached hydrogens (primary N) is 1. The second-order valence-electron chi connectivity index (χ2n) is 7.04. The summed E-state index contributed by atoms with van der Waals surface area (Å²) in [4.78, 5) is 23.6. The molecule has 0 radical (unpaired) electrons. The van der Waals surface area contributed by atoms with Crippen molar-refractivity contribution in [2.75, 3.05) is 5.73 Å². The van der Waals surface area contributed by atoms with Gasteiger partial charge in [-0.25, -0.2) is 18.7 Å². The van der Waals surface area contributed by atoms with E-state index in [-0.39, 0.29) is 17.5 Å². The Bertz CT molecular complexity index is 1500. The molecule has 0 saturated carbocycles. The Balaban J connectivity index is 1.68. The van der Waals surface area contributed by atoms with Crippen LogP contribution in [0.1, 0.15) is 29.0 Å². The number of benzene rings is 1. The van der Waals surface area contributed by atoms with E-state index in [1.165, 1.54) is 10.9 Å². The van der Waals surface area contributed by atoms with E-state index in [1.54, 1.807) is 31.6 Å². The average molecular weight is 429 g/mol. The highest BCUT2D eigenvalue weighted by Crippen LogP contribution is 2.28. The topological polar surface area (TPSA) is 89.6 Å². The summed E-state index contributed by atoms with van der Waals surface area (Å²) in [5.41, 5.74) is 7.13. The Labute approximate surface area is 182 Å². The zero-order valence-corrected chi connectivity index (χ0v) is 17.0. The lowest BCUT2D eigenvalue weighted by molar-refractivity contribution is 0.574. The largest absolute Gasteiger partial charge is 0.383 e. The van der Waals surface area contributed by atoms with Gasteiger partial charge in [0, 0.05) is 37.3 Å². The molecule has 8 heteroatoms. The van der Waals surface area contributed by atoms with Crippen molar-refractivity contribution in [1.82, 2.24) is 19.5 Å². The van der Waals surface area contributed by atoms with Crippen LogP contribution in [0.3, 0.4) is 0 Å². The van der Waals surface area contributed by atoms with Crippen LogP contribution >= 0.6 is 0 Å². The molecule has 1 unspecified atom stereocenters. The molecule has 0 amide bonds. The molecule has 0 aliphatic carbocycles. The van der Waals surface area contributed by atoms with Crippen molar-refractivity contribution in [2.24, 2.45) is 7.05 Å². The molecule has 0 bridgehead atoms. The van der Waals surface area contributed by atoms with Crippen LogP contribution in [-0.2, 0) is 7.05 Å². The third kappa shape index (κ3) is 4.07. The predicted molar refractivity (Wildman–Crippen MR) is 117 cm³/mol. The number of nitrogen functional groups attached to an aromatic ring is 1. The maximum Gasteiger partial charge on any atom is 0.254 e. The van der Waals surface area contributed by atoms with Crippen LogP contribution in [0.4, 0.5) is 14.6 Å². The van der Waals surface area contributed by atoms with E-state index >= 15 is 0 Å². The van der Waals surface area contributed by atoms with Gasteiger partial charge >= 0.3 is 0 Å². The number of fused-ring (bicyclic) bond motifs is 1. The summed E-state index contributed by atoms with van der Waals surface area (Å²) in [6.07, 6.45) is 4.68. The van der Waals surface area contributed by atoms with Crippen LogP contribution in [-0.4, -0.2) is 19.5 Å². The number of aromatic nitrogens is 4. The highest BCUT2D eigenvalue weighted by atomic mass is 19.1. The number of halogens is 2. The minimum atomic E-state index is -0.753. The van der Waals surface area contributed by atoms with Crippen molar-refractivity contribution in [3.05, 3.63) is 87.7 Å². The highest BCUT2D eigenvalue weighted by Gasteiger charge is 2.21. The molecule has 3 N–H and O–H groups in total. The molecule has 1 atom stereocenters. The van der Waals surface area contributed by atoms with Crippen molar-refractivity contribution in [1.29, 1.82) is 0 Å². The molecular weight excluding hydrogens is 412 g/mol. The molecule has 32 heavy (non-hydrogen) atoms. The Kier molecular flexibility index (Phi) is 5.69. The zero-order chi connectivity index (χ0) is 22.7. The summed E-state index contributed by atoms with van der Waals surface area (Å²) < 4.78 is 29.7. The molecule has 1 aromatic carbocycles. The Morgan fingerprint density at radius 1 is 1.19 bits per heavy atom. The molecule has 3 aromatic heterocycles. The zero-order valence-electron chi connectivity index (χ0n) is 17.0. The van der Waals surface area contributed by atoms with Crippen molar-refractivity contribution < 1.29 is 8.78 Å². The van der Waals surface area contributed by atoms with E-state index in [1.807, 2.05) is 0 Å². The average Bonchev–Trinajstić information content (AvgIpc) is 3.19. The number of H-pyrrole nitrogens is 1. The standard InChI is InChI=1S/C24H17F2N5O/c1-31-11-5-8-18(24(31)32)17(19-12-16(25)9-10-20(19)26)7-4-2-3-6-15-13-28-23-21(15)22(27)29-14-30-23/h5,8-14,17H,7H2,1H3,(H3,27,28,29,30). The van der Waals surface area contributed by atoms with Crippen LogP contribution in [0.5, 0.6) is 0 Å². The number of nitrogens with one attached hydrogen (secondary N) is 1. The maximum absolute atomic E-state index is 14.5. The Hall–Kier alpha value is -4.43. The number of hydrogen-bond acceptors (Lipinski definition) is 4. The molecule has 3 heterocycles. The molecule has 6 nitrogen and oxygen atoms in total. The molecule has 0 spiro atoms. The fourth-order valence-electron chi connectivity index (χ4n) is 3.43. The minimum absolute atomic E-state index is 0.0668. The van der Waals surface area contributed by atoms with Crippen LogP contribution in [0.25, 0.3) is 11.0 Å². The van der Waals surface area contributed by atoms with Gasteiger partial charge in [0.25, 0.3) is 5.56 Å². The normalized spacial score (nSPS) is 11.3. The lowest BCUT2D eigenvalue weighted by Gasteiger charge is -2.16. The van der Waals surface area contributed by atoms with Crippen LogP contribution in [0, 0.1) is 35.3 Å². The van der Waals surface area contributed by atoms with Gasteiger partial charge in [-0.1, -0.05) is 17.9 Å². The van der Waals surface area contributed by atoms with E-state index in [4.69, 9.17) is 5.73 Å². The number of rotatable bonds is 3. The van der Waals surface area contributed by atoms with E-state index in [0.29, 0.717) is 28.0 Å². The second-order valence-corrected chi connectivity index (χ2v) is 7.04. The summed E-state index contributed by atoms with van der Waals surface area (Å²) in [6.45, 7) is 0. The lowest BCUT2D eigenvalue weighted by atomic mass is 9.89. The monoisotopic (exact) mass is 429 g/mol. The van der Waals surface area contributed by atoms with Gasteiger partial charge in [-0.05, 0) is 41.7 Å². The van der Waals surface area contributed by atoms with Crippen molar-refractivity contribution in [2.45, 2.75) is 12.3 Å². The van der Waals surface area contributed by atoms with E-state index in [9.17, 15) is 13.6 Å². The number of nitrogens with zero attached hydrogens (tertiary/aromatic N) is 3. The smallest absolute Gasteiger partial charge is 0.254 e. The quantitative estimate of drug-likeness (QED) is 0.490. The summed E-state index contributed by atoms with van der Waals surface area (Å²) in [5.74, 6) is 9.54. The molecule has 4 aromatic rings. The van der Waals surface area contributed by atoms with E-state index in [2.05, 4.69) is 38.6 Å².